The highest BCUT2D eigenvalue weighted by atomic mass is 32.2. The van der Waals surface area contributed by atoms with E-state index in [0.29, 0.717) is 6.54 Å². The standard InChI is InChI=1S/C14H15NO2S/c1-10-3-4-11-9-14-12(8-13(11)7-10)5-6-15(14)18(2,16)17/h3-4,7-9H,5-6H2,1-2H3. The lowest BCUT2D eigenvalue weighted by atomic mass is 10.0. The van der Waals surface area contributed by atoms with Gasteiger partial charge in [0.2, 0.25) is 10.0 Å². The average molecular weight is 261 g/mol. The lowest BCUT2D eigenvalue weighted by Gasteiger charge is -2.16. The van der Waals surface area contributed by atoms with Gasteiger partial charge in [-0.2, -0.15) is 0 Å². The number of hydrogen-bond acceptors (Lipinski definition) is 2. The Morgan fingerprint density at radius 1 is 1.11 bits per heavy atom. The van der Waals surface area contributed by atoms with E-state index in [2.05, 4.69) is 25.1 Å². The first-order valence-electron chi connectivity index (χ1n) is 5.96. The van der Waals surface area contributed by atoms with Crippen molar-refractivity contribution in [3.05, 3.63) is 41.5 Å². The zero-order chi connectivity index (χ0) is 12.9. The highest BCUT2D eigenvalue weighted by molar-refractivity contribution is 7.92. The second kappa shape index (κ2) is 3.72. The molecule has 0 unspecified atom stereocenters. The number of fused-ring (bicyclic) bond motifs is 2. The minimum absolute atomic E-state index is 0.559. The van der Waals surface area contributed by atoms with Gasteiger partial charge in [0, 0.05) is 6.54 Å². The van der Waals surface area contributed by atoms with Gasteiger partial charge in [-0.3, -0.25) is 4.31 Å². The van der Waals surface area contributed by atoms with Crippen molar-refractivity contribution in [2.75, 3.05) is 17.1 Å². The number of rotatable bonds is 1. The first-order chi connectivity index (χ1) is 8.45. The second-order valence-electron chi connectivity index (χ2n) is 4.92. The van der Waals surface area contributed by atoms with Crippen molar-refractivity contribution in [2.45, 2.75) is 13.3 Å². The molecular formula is C14H15NO2S. The third-order valence-corrected chi connectivity index (χ3v) is 4.63. The summed E-state index contributed by atoms with van der Waals surface area (Å²) in [6, 6.07) is 10.3. The van der Waals surface area contributed by atoms with Crippen LogP contribution >= 0.6 is 0 Å². The van der Waals surface area contributed by atoms with Gasteiger partial charge in [0.15, 0.2) is 0 Å². The maximum atomic E-state index is 11.7. The molecule has 2 aromatic carbocycles. The number of aryl methyl sites for hydroxylation is 1. The summed E-state index contributed by atoms with van der Waals surface area (Å²) >= 11 is 0. The number of sulfonamides is 1. The number of benzene rings is 2. The molecule has 0 aromatic heterocycles. The molecule has 0 saturated carbocycles. The van der Waals surface area contributed by atoms with Crippen molar-refractivity contribution in [1.29, 1.82) is 0 Å². The van der Waals surface area contributed by atoms with E-state index in [1.54, 1.807) is 0 Å². The number of nitrogens with zero attached hydrogens (tertiary/aromatic N) is 1. The van der Waals surface area contributed by atoms with Gasteiger partial charge in [0.25, 0.3) is 0 Å². The Bertz CT molecular complexity index is 735. The fourth-order valence-electron chi connectivity index (χ4n) is 2.57. The normalized spacial score (nSPS) is 15.1. The van der Waals surface area contributed by atoms with Crippen LogP contribution < -0.4 is 4.31 Å². The fourth-order valence-corrected chi connectivity index (χ4v) is 3.52. The molecule has 94 valence electrons. The molecule has 1 aliphatic heterocycles. The van der Waals surface area contributed by atoms with Crippen LogP contribution in [0.5, 0.6) is 0 Å². The first-order valence-corrected chi connectivity index (χ1v) is 7.81. The zero-order valence-electron chi connectivity index (χ0n) is 10.5. The fraction of sp³-hybridized carbons (Fsp3) is 0.286. The van der Waals surface area contributed by atoms with Crippen molar-refractivity contribution >= 4 is 26.5 Å². The molecule has 1 aliphatic rings. The number of anilines is 1. The molecule has 3 rings (SSSR count). The van der Waals surface area contributed by atoms with Gasteiger partial charge in [0.1, 0.15) is 0 Å². The van der Waals surface area contributed by atoms with Crippen LogP contribution in [0.1, 0.15) is 11.1 Å². The summed E-state index contributed by atoms with van der Waals surface area (Å²) in [6.07, 6.45) is 2.06. The molecule has 1 heterocycles. The summed E-state index contributed by atoms with van der Waals surface area (Å²) in [6.45, 7) is 2.62. The molecule has 4 heteroatoms. The third kappa shape index (κ3) is 1.77. The molecule has 18 heavy (non-hydrogen) atoms. The number of hydrogen-bond donors (Lipinski definition) is 0. The van der Waals surface area contributed by atoms with E-state index in [4.69, 9.17) is 0 Å². The SMILES string of the molecule is Cc1ccc2cc3c(cc2c1)CCN3S(C)(=O)=O. The minimum Gasteiger partial charge on any atom is -0.270 e. The first kappa shape index (κ1) is 11.5. The summed E-state index contributed by atoms with van der Waals surface area (Å²) < 4.78 is 24.9. The molecule has 0 aliphatic carbocycles. The smallest absolute Gasteiger partial charge is 0.232 e. The molecule has 0 saturated heterocycles. The van der Waals surface area contributed by atoms with Crippen LogP contribution in [0.3, 0.4) is 0 Å². The Balaban J connectivity index is 2.24. The molecule has 0 spiro atoms. The van der Waals surface area contributed by atoms with E-state index in [0.717, 1.165) is 23.1 Å². The summed E-state index contributed by atoms with van der Waals surface area (Å²) in [5, 5.41) is 2.28. The van der Waals surface area contributed by atoms with Gasteiger partial charge < -0.3 is 0 Å². The molecule has 3 nitrogen and oxygen atoms in total. The quantitative estimate of drug-likeness (QED) is 0.791. The van der Waals surface area contributed by atoms with Crippen molar-refractivity contribution in [1.82, 2.24) is 0 Å². The van der Waals surface area contributed by atoms with Gasteiger partial charge >= 0.3 is 0 Å². The van der Waals surface area contributed by atoms with E-state index in [1.165, 1.54) is 21.5 Å². The van der Waals surface area contributed by atoms with Gasteiger partial charge in [-0.1, -0.05) is 23.8 Å². The topological polar surface area (TPSA) is 37.4 Å². The molecule has 0 N–H and O–H groups in total. The Kier molecular flexibility index (Phi) is 2.38. The maximum Gasteiger partial charge on any atom is 0.232 e. The minimum atomic E-state index is -3.16. The summed E-state index contributed by atoms with van der Waals surface area (Å²) in [7, 11) is -3.16. The Morgan fingerprint density at radius 2 is 1.89 bits per heavy atom. The van der Waals surface area contributed by atoms with Crippen molar-refractivity contribution in [2.24, 2.45) is 0 Å². The lowest BCUT2D eigenvalue weighted by Crippen LogP contribution is -2.27. The Labute approximate surface area is 107 Å². The van der Waals surface area contributed by atoms with Gasteiger partial charge in [-0.25, -0.2) is 8.42 Å². The lowest BCUT2D eigenvalue weighted by molar-refractivity contribution is 0.598. The molecule has 0 fully saturated rings. The largest absolute Gasteiger partial charge is 0.270 e. The molecule has 0 bridgehead atoms. The predicted octanol–water partition coefficient (Wildman–Crippen LogP) is 2.47. The molecular weight excluding hydrogens is 246 g/mol. The molecule has 0 radical (unpaired) electrons. The Morgan fingerprint density at radius 3 is 2.61 bits per heavy atom. The third-order valence-electron chi connectivity index (χ3n) is 3.45. The highest BCUT2D eigenvalue weighted by Crippen LogP contribution is 2.34. The van der Waals surface area contributed by atoms with E-state index in [1.807, 2.05) is 12.1 Å². The monoisotopic (exact) mass is 261 g/mol. The second-order valence-corrected chi connectivity index (χ2v) is 6.82. The van der Waals surface area contributed by atoms with Crippen LogP contribution in [0, 0.1) is 6.92 Å². The van der Waals surface area contributed by atoms with Crippen LogP contribution in [0.2, 0.25) is 0 Å². The van der Waals surface area contributed by atoms with Crippen LogP contribution in [0.15, 0.2) is 30.3 Å². The van der Waals surface area contributed by atoms with Crippen LogP contribution in [-0.2, 0) is 16.4 Å². The van der Waals surface area contributed by atoms with Gasteiger partial charge in [-0.05, 0) is 41.8 Å². The van der Waals surface area contributed by atoms with Crippen LogP contribution in [0.4, 0.5) is 5.69 Å². The molecule has 0 amide bonds. The van der Waals surface area contributed by atoms with Crippen LogP contribution in [0.25, 0.3) is 10.8 Å². The summed E-state index contributed by atoms with van der Waals surface area (Å²) in [5.74, 6) is 0. The van der Waals surface area contributed by atoms with Crippen molar-refractivity contribution in [3.63, 3.8) is 0 Å². The van der Waals surface area contributed by atoms with Gasteiger partial charge in [0.05, 0.1) is 11.9 Å². The average Bonchev–Trinajstić information content (AvgIpc) is 2.68. The van der Waals surface area contributed by atoms with E-state index in [-0.39, 0.29) is 0 Å². The summed E-state index contributed by atoms with van der Waals surface area (Å²) in [4.78, 5) is 0. The van der Waals surface area contributed by atoms with Crippen LogP contribution in [-0.4, -0.2) is 21.2 Å². The predicted molar refractivity (Wildman–Crippen MR) is 74.6 cm³/mol. The van der Waals surface area contributed by atoms with E-state index >= 15 is 0 Å². The Hall–Kier alpha value is -1.55. The molecule has 2 aromatic rings. The van der Waals surface area contributed by atoms with E-state index < -0.39 is 10.0 Å². The van der Waals surface area contributed by atoms with Gasteiger partial charge in [-0.15, -0.1) is 0 Å². The zero-order valence-corrected chi connectivity index (χ0v) is 11.3. The van der Waals surface area contributed by atoms with Crippen molar-refractivity contribution < 1.29 is 8.42 Å². The highest BCUT2D eigenvalue weighted by Gasteiger charge is 2.26. The maximum absolute atomic E-state index is 11.7. The van der Waals surface area contributed by atoms with E-state index in [9.17, 15) is 8.42 Å². The molecule has 0 atom stereocenters. The van der Waals surface area contributed by atoms with Crippen molar-refractivity contribution in [3.8, 4) is 0 Å². The summed E-state index contributed by atoms with van der Waals surface area (Å²) in [5.41, 5.74) is 3.19.